The van der Waals surface area contributed by atoms with Crippen LogP contribution in [0.1, 0.15) is 32.2 Å². The fourth-order valence-corrected chi connectivity index (χ4v) is 1.78. The molecule has 0 bridgehead atoms. The quantitative estimate of drug-likeness (QED) is 0.718. The van der Waals surface area contributed by atoms with Crippen LogP contribution in [0.2, 0.25) is 0 Å². The molecule has 5 nitrogen and oxygen atoms in total. The number of aromatic nitrogens is 3. The topological polar surface area (TPSA) is 57.0 Å². The van der Waals surface area contributed by atoms with Gasteiger partial charge in [-0.15, -0.1) is 0 Å². The molecule has 2 rings (SSSR count). The van der Waals surface area contributed by atoms with Gasteiger partial charge in [0.25, 0.3) is 0 Å². The smallest absolute Gasteiger partial charge is 0.435 e. The van der Waals surface area contributed by atoms with Crippen molar-refractivity contribution in [2.75, 3.05) is 0 Å². The van der Waals surface area contributed by atoms with Crippen molar-refractivity contribution in [3.05, 3.63) is 23.7 Å². The number of ether oxygens (including phenoxy) is 1. The average molecular weight is 247 g/mol. The maximum Gasteiger partial charge on any atom is 0.435 e. The third-order valence-corrected chi connectivity index (χ3v) is 2.45. The summed E-state index contributed by atoms with van der Waals surface area (Å²) in [4.78, 5) is 16.4. The zero-order valence-corrected chi connectivity index (χ0v) is 11.3. The first-order valence-corrected chi connectivity index (χ1v) is 5.83. The van der Waals surface area contributed by atoms with Gasteiger partial charge in [0.1, 0.15) is 5.60 Å². The predicted octanol–water partition coefficient (Wildman–Crippen LogP) is 2.83. The molecule has 0 fully saturated rings. The Morgan fingerprint density at radius 3 is 2.61 bits per heavy atom. The lowest BCUT2D eigenvalue weighted by Crippen LogP contribution is -2.27. The zero-order valence-electron chi connectivity index (χ0n) is 11.3. The molecule has 0 aromatic carbocycles. The van der Waals surface area contributed by atoms with E-state index in [1.165, 1.54) is 4.68 Å². The maximum absolute atomic E-state index is 12.0. The minimum absolute atomic E-state index is 0.470. The summed E-state index contributed by atoms with van der Waals surface area (Å²) in [6.07, 6.45) is 1.17. The lowest BCUT2D eigenvalue weighted by molar-refractivity contribution is 0.0523. The summed E-state index contributed by atoms with van der Waals surface area (Å²) in [5, 5.41) is 4.95. The highest BCUT2D eigenvalue weighted by Gasteiger charge is 2.20. The standard InChI is InChI=1S/C13H17N3O2/c1-8-6-11-10(9(2)15-8)7-14-16(11)12(17)18-13(3,4)5/h6-7H,1-5H3. The summed E-state index contributed by atoms with van der Waals surface area (Å²) in [7, 11) is 0. The molecule has 18 heavy (non-hydrogen) atoms. The minimum atomic E-state index is -0.535. The van der Waals surface area contributed by atoms with Crippen LogP contribution in [0, 0.1) is 13.8 Å². The van der Waals surface area contributed by atoms with Crippen LogP contribution in [-0.4, -0.2) is 26.5 Å². The Balaban J connectivity index is 2.49. The molecule has 0 aliphatic heterocycles. The molecule has 0 N–H and O–H groups in total. The summed E-state index contributed by atoms with van der Waals surface area (Å²) in [5.41, 5.74) is 1.91. The Hall–Kier alpha value is -1.91. The zero-order chi connectivity index (χ0) is 13.5. The normalized spacial score (nSPS) is 11.8. The monoisotopic (exact) mass is 247 g/mol. The molecule has 0 aliphatic carbocycles. The second-order valence-electron chi connectivity index (χ2n) is 5.32. The Morgan fingerprint density at radius 2 is 2.00 bits per heavy atom. The van der Waals surface area contributed by atoms with Gasteiger partial charge in [0.2, 0.25) is 0 Å². The molecular weight excluding hydrogens is 230 g/mol. The van der Waals surface area contributed by atoms with Crippen molar-refractivity contribution in [3.63, 3.8) is 0 Å². The SMILES string of the molecule is Cc1cc2c(cnn2C(=O)OC(C)(C)C)c(C)n1. The summed E-state index contributed by atoms with van der Waals surface area (Å²) < 4.78 is 6.59. The van der Waals surface area contributed by atoms with Gasteiger partial charge in [0.15, 0.2) is 0 Å². The van der Waals surface area contributed by atoms with Crippen LogP contribution < -0.4 is 0 Å². The van der Waals surface area contributed by atoms with Crippen LogP contribution in [0.25, 0.3) is 10.9 Å². The van der Waals surface area contributed by atoms with E-state index in [2.05, 4.69) is 10.1 Å². The molecule has 2 aromatic rings. The van der Waals surface area contributed by atoms with Crippen LogP contribution in [0.3, 0.4) is 0 Å². The van der Waals surface area contributed by atoms with Crippen molar-refractivity contribution in [1.82, 2.24) is 14.8 Å². The van der Waals surface area contributed by atoms with Crippen LogP contribution in [0.4, 0.5) is 4.79 Å². The van der Waals surface area contributed by atoms with Crippen molar-refractivity contribution in [1.29, 1.82) is 0 Å². The number of nitrogens with zero attached hydrogens (tertiary/aromatic N) is 3. The Morgan fingerprint density at radius 1 is 1.33 bits per heavy atom. The number of pyridine rings is 1. The Bertz CT molecular complexity index is 608. The highest BCUT2D eigenvalue weighted by atomic mass is 16.6. The molecule has 0 saturated carbocycles. The van der Waals surface area contributed by atoms with Gasteiger partial charge in [-0.05, 0) is 40.7 Å². The number of fused-ring (bicyclic) bond motifs is 1. The molecule has 0 saturated heterocycles. The van der Waals surface area contributed by atoms with Crippen molar-refractivity contribution < 1.29 is 9.53 Å². The number of hydrogen-bond acceptors (Lipinski definition) is 4. The minimum Gasteiger partial charge on any atom is -0.442 e. The second kappa shape index (κ2) is 4.08. The summed E-state index contributed by atoms with van der Waals surface area (Å²) in [6.45, 7) is 9.27. The highest BCUT2D eigenvalue weighted by Crippen LogP contribution is 2.19. The summed E-state index contributed by atoms with van der Waals surface area (Å²) >= 11 is 0. The first kappa shape index (κ1) is 12.5. The van der Waals surface area contributed by atoms with Crippen LogP contribution >= 0.6 is 0 Å². The molecule has 5 heteroatoms. The van der Waals surface area contributed by atoms with E-state index >= 15 is 0 Å². The van der Waals surface area contributed by atoms with Crippen molar-refractivity contribution in [3.8, 4) is 0 Å². The van der Waals surface area contributed by atoms with Crippen molar-refractivity contribution in [2.45, 2.75) is 40.2 Å². The Kier molecular flexibility index (Phi) is 2.84. The first-order valence-electron chi connectivity index (χ1n) is 5.83. The Labute approximate surface area is 106 Å². The van der Waals surface area contributed by atoms with E-state index in [0.717, 1.165) is 22.3 Å². The van der Waals surface area contributed by atoms with E-state index in [1.807, 2.05) is 40.7 Å². The maximum atomic E-state index is 12.0. The van der Waals surface area contributed by atoms with Gasteiger partial charge < -0.3 is 4.74 Å². The van der Waals surface area contributed by atoms with E-state index in [-0.39, 0.29) is 0 Å². The van der Waals surface area contributed by atoms with Gasteiger partial charge in [0.05, 0.1) is 11.7 Å². The molecule has 0 radical (unpaired) electrons. The highest BCUT2D eigenvalue weighted by molar-refractivity contribution is 5.89. The van der Waals surface area contributed by atoms with Gasteiger partial charge in [-0.25, -0.2) is 4.79 Å². The molecule has 2 aromatic heterocycles. The van der Waals surface area contributed by atoms with Crippen LogP contribution in [0.5, 0.6) is 0 Å². The third kappa shape index (κ3) is 2.34. The van der Waals surface area contributed by atoms with Gasteiger partial charge in [0, 0.05) is 16.8 Å². The van der Waals surface area contributed by atoms with E-state index in [1.54, 1.807) is 6.20 Å². The molecule has 2 heterocycles. The lowest BCUT2D eigenvalue weighted by Gasteiger charge is -2.19. The van der Waals surface area contributed by atoms with Gasteiger partial charge in [-0.1, -0.05) is 0 Å². The fourth-order valence-electron chi connectivity index (χ4n) is 1.78. The van der Waals surface area contributed by atoms with Crippen LogP contribution in [0.15, 0.2) is 12.3 Å². The fraction of sp³-hybridized carbons (Fsp3) is 0.462. The summed E-state index contributed by atoms with van der Waals surface area (Å²) in [5.74, 6) is 0. The van der Waals surface area contributed by atoms with Gasteiger partial charge >= 0.3 is 6.09 Å². The molecule has 0 spiro atoms. The van der Waals surface area contributed by atoms with Gasteiger partial charge in [-0.3, -0.25) is 4.98 Å². The number of carbonyl (C=O) groups is 1. The van der Waals surface area contributed by atoms with Crippen molar-refractivity contribution in [2.24, 2.45) is 0 Å². The molecule has 0 atom stereocenters. The molecule has 96 valence electrons. The first-order chi connectivity index (χ1) is 8.28. The summed E-state index contributed by atoms with van der Waals surface area (Å²) in [6, 6.07) is 1.83. The number of hydrogen-bond donors (Lipinski definition) is 0. The lowest BCUT2D eigenvalue weighted by atomic mass is 10.2. The molecule has 0 aliphatic rings. The largest absolute Gasteiger partial charge is 0.442 e. The number of aryl methyl sites for hydroxylation is 2. The molecule has 0 unspecified atom stereocenters. The van der Waals surface area contributed by atoms with E-state index in [4.69, 9.17) is 4.74 Å². The third-order valence-electron chi connectivity index (χ3n) is 2.45. The van der Waals surface area contributed by atoms with Crippen LogP contribution in [-0.2, 0) is 4.74 Å². The predicted molar refractivity (Wildman–Crippen MR) is 68.6 cm³/mol. The number of rotatable bonds is 0. The molecular formula is C13H17N3O2. The number of carbonyl (C=O) groups excluding carboxylic acids is 1. The van der Waals surface area contributed by atoms with Gasteiger partial charge in [-0.2, -0.15) is 9.78 Å². The van der Waals surface area contributed by atoms with Crippen molar-refractivity contribution >= 4 is 17.0 Å². The van der Waals surface area contributed by atoms with E-state index in [9.17, 15) is 4.79 Å². The van der Waals surface area contributed by atoms with E-state index < -0.39 is 11.7 Å². The molecule has 0 amide bonds. The average Bonchev–Trinajstić information content (AvgIpc) is 2.58. The van der Waals surface area contributed by atoms with E-state index in [0.29, 0.717) is 0 Å². The second-order valence-corrected chi connectivity index (χ2v) is 5.32.